The summed E-state index contributed by atoms with van der Waals surface area (Å²) in [7, 11) is 0. The second kappa shape index (κ2) is 8.74. The summed E-state index contributed by atoms with van der Waals surface area (Å²) in [5, 5.41) is 16.2. The van der Waals surface area contributed by atoms with E-state index >= 15 is 0 Å². The lowest BCUT2D eigenvalue weighted by atomic mass is 10.1. The summed E-state index contributed by atoms with van der Waals surface area (Å²) < 4.78 is 0. The fourth-order valence-electron chi connectivity index (χ4n) is 2.22. The molecule has 0 aliphatic carbocycles. The molecule has 0 fully saturated rings. The highest BCUT2D eigenvalue weighted by molar-refractivity contribution is 5.57. The van der Waals surface area contributed by atoms with E-state index in [0.29, 0.717) is 6.42 Å². The highest BCUT2D eigenvalue weighted by atomic mass is 16.3. The van der Waals surface area contributed by atoms with Crippen LogP contribution in [0.4, 0.5) is 11.6 Å². The summed E-state index contributed by atoms with van der Waals surface area (Å²) in [5.74, 6) is 1.81. The van der Waals surface area contributed by atoms with Crippen molar-refractivity contribution in [1.82, 2.24) is 9.97 Å². The predicted molar refractivity (Wildman–Crippen MR) is 84.2 cm³/mol. The smallest absolute Gasteiger partial charge is 0.134 e. The van der Waals surface area contributed by atoms with Crippen LogP contribution in [-0.4, -0.2) is 33.8 Å². The van der Waals surface area contributed by atoms with Gasteiger partial charge in [0.25, 0.3) is 0 Å². The van der Waals surface area contributed by atoms with Crippen molar-refractivity contribution in [3.05, 3.63) is 11.9 Å². The molecule has 0 saturated carbocycles. The van der Waals surface area contributed by atoms with Crippen molar-refractivity contribution in [3.8, 4) is 0 Å². The lowest BCUT2D eigenvalue weighted by Crippen LogP contribution is -2.22. The van der Waals surface area contributed by atoms with Crippen LogP contribution in [0.15, 0.2) is 6.33 Å². The van der Waals surface area contributed by atoms with Gasteiger partial charge in [-0.25, -0.2) is 9.97 Å². The van der Waals surface area contributed by atoms with Gasteiger partial charge in [-0.15, -0.1) is 0 Å². The Morgan fingerprint density at radius 1 is 1.15 bits per heavy atom. The molecule has 0 aliphatic rings. The molecule has 1 aromatic heterocycles. The Balaban J connectivity index is 2.87. The van der Waals surface area contributed by atoms with E-state index in [0.717, 1.165) is 43.0 Å². The van der Waals surface area contributed by atoms with Gasteiger partial charge in [0.15, 0.2) is 0 Å². The molecule has 0 aromatic carbocycles. The molecule has 0 radical (unpaired) electrons. The van der Waals surface area contributed by atoms with Gasteiger partial charge in [0.05, 0.1) is 6.10 Å². The molecule has 0 amide bonds. The van der Waals surface area contributed by atoms with Gasteiger partial charge in [0.1, 0.15) is 18.0 Å². The van der Waals surface area contributed by atoms with E-state index in [1.807, 2.05) is 0 Å². The van der Waals surface area contributed by atoms with Gasteiger partial charge < -0.3 is 15.7 Å². The summed E-state index contributed by atoms with van der Waals surface area (Å²) in [6.45, 7) is 9.07. The zero-order valence-electron chi connectivity index (χ0n) is 13.1. The first-order valence-electron chi connectivity index (χ1n) is 7.60. The maximum atomic E-state index is 9.46. The van der Waals surface area contributed by atoms with Gasteiger partial charge in [0.2, 0.25) is 0 Å². The lowest BCUT2D eigenvalue weighted by molar-refractivity contribution is 0.179. The van der Waals surface area contributed by atoms with Gasteiger partial charge in [-0.1, -0.05) is 20.3 Å². The minimum absolute atomic E-state index is 0.180. The molecule has 3 N–H and O–H groups in total. The van der Waals surface area contributed by atoms with Gasteiger partial charge in [-0.3, -0.25) is 0 Å². The Morgan fingerprint density at radius 3 is 2.45 bits per heavy atom. The van der Waals surface area contributed by atoms with Crippen molar-refractivity contribution < 1.29 is 5.11 Å². The Hall–Kier alpha value is -1.36. The number of hydrogen-bond acceptors (Lipinski definition) is 5. The summed E-state index contributed by atoms with van der Waals surface area (Å²) in [6.07, 6.45) is 5.04. The average molecular weight is 280 g/mol. The molecule has 20 heavy (non-hydrogen) atoms. The normalized spacial score (nSPS) is 13.8. The quantitative estimate of drug-likeness (QED) is 0.649. The molecule has 1 rings (SSSR count). The van der Waals surface area contributed by atoms with Crippen LogP contribution in [0.3, 0.4) is 0 Å². The zero-order valence-corrected chi connectivity index (χ0v) is 13.1. The zero-order chi connectivity index (χ0) is 15.0. The highest BCUT2D eigenvalue weighted by Crippen LogP contribution is 2.22. The molecule has 0 aliphatic heterocycles. The van der Waals surface area contributed by atoms with Crippen molar-refractivity contribution >= 4 is 11.6 Å². The van der Waals surface area contributed by atoms with E-state index in [1.54, 1.807) is 13.3 Å². The summed E-state index contributed by atoms with van der Waals surface area (Å²) in [4.78, 5) is 8.72. The molecule has 0 bridgehead atoms. The molecule has 1 heterocycles. The van der Waals surface area contributed by atoms with E-state index in [2.05, 4.69) is 41.4 Å². The number of anilines is 2. The third-order valence-electron chi connectivity index (χ3n) is 3.07. The van der Waals surface area contributed by atoms with Crippen LogP contribution >= 0.6 is 0 Å². The molecule has 2 unspecified atom stereocenters. The van der Waals surface area contributed by atoms with Crippen LogP contribution in [0, 0.1) is 0 Å². The van der Waals surface area contributed by atoms with E-state index in [-0.39, 0.29) is 12.1 Å². The first kappa shape index (κ1) is 16.7. The summed E-state index contributed by atoms with van der Waals surface area (Å²) >= 11 is 0. The Morgan fingerprint density at radius 2 is 1.85 bits per heavy atom. The number of aromatic nitrogens is 2. The number of aliphatic hydroxyl groups excluding tert-OH is 1. The van der Waals surface area contributed by atoms with E-state index in [4.69, 9.17) is 0 Å². The van der Waals surface area contributed by atoms with Crippen molar-refractivity contribution in [3.63, 3.8) is 0 Å². The third kappa shape index (κ3) is 5.33. The van der Waals surface area contributed by atoms with Crippen molar-refractivity contribution in [1.29, 1.82) is 0 Å². The van der Waals surface area contributed by atoms with Gasteiger partial charge >= 0.3 is 0 Å². The Kier molecular flexibility index (Phi) is 7.30. The minimum atomic E-state index is -0.313. The second-order valence-electron chi connectivity index (χ2n) is 5.36. The van der Waals surface area contributed by atoms with Gasteiger partial charge in [0, 0.05) is 18.2 Å². The van der Waals surface area contributed by atoms with Crippen LogP contribution in [0.2, 0.25) is 0 Å². The van der Waals surface area contributed by atoms with Crippen LogP contribution in [-0.2, 0) is 6.42 Å². The summed E-state index contributed by atoms with van der Waals surface area (Å²) in [6, 6.07) is 0.180. The molecular formula is C15H28N4O. The fraction of sp³-hybridized carbons (Fsp3) is 0.733. The molecule has 114 valence electrons. The molecule has 2 atom stereocenters. The molecule has 5 nitrogen and oxygen atoms in total. The van der Waals surface area contributed by atoms with E-state index in [1.165, 1.54) is 0 Å². The predicted octanol–water partition coefficient (Wildman–Crippen LogP) is 2.82. The number of nitrogens with one attached hydrogen (secondary N) is 2. The van der Waals surface area contributed by atoms with E-state index < -0.39 is 0 Å². The maximum absolute atomic E-state index is 9.46. The molecule has 1 aromatic rings. The molecule has 5 heteroatoms. The number of rotatable bonds is 9. The average Bonchev–Trinajstić information content (AvgIpc) is 2.38. The highest BCUT2D eigenvalue weighted by Gasteiger charge is 2.13. The first-order valence-corrected chi connectivity index (χ1v) is 7.60. The SMILES string of the molecule is CCCNc1ncnc(NC(C)CC(C)O)c1CCC. The third-order valence-corrected chi connectivity index (χ3v) is 3.07. The van der Waals surface area contributed by atoms with Gasteiger partial charge in [-0.05, 0) is 33.1 Å². The van der Waals surface area contributed by atoms with Crippen LogP contribution in [0.5, 0.6) is 0 Å². The van der Waals surface area contributed by atoms with Crippen molar-refractivity contribution in [2.75, 3.05) is 17.2 Å². The minimum Gasteiger partial charge on any atom is -0.393 e. The Bertz CT molecular complexity index is 395. The first-order chi connectivity index (χ1) is 9.58. The molecule has 0 spiro atoms. The maximum Gasteiger partial charge on any atom is 0.134 e. The van der Waals surface area contributed by atoms with Crippen molar-refractivity contribution in [2.24, 2.45) is 0 Å². The molecule has 0 saturated heterocycles. The standard InChI is InChI=1S/C15H28N4O/c1-5-7-13-14(16-8-6-2)17-10-18-15(13)19-11(3)9-12(4)20/h10-12,20H,5-9H2,1-4H3,(H2,16,17,18,19). The topological polar surface area (TPSA) is 70.1 Å². The van der Waals surface area contributed by atoms with Crippen LogP contribution in [0.25, 0.3) is 0 Å². The van der Waals surface area contributed by atoms with Gasteiger partial charge in [-0.2, -0.15) is 0 Å². The number of hydrogen-bond donors (Lipinski definition) is 3. The monoisotopic (exact) mass is 280 g/mol. The van der Waals surface area contributed by atoms with Crippen LogP contribution < -0.4 is 10.6 Å². The Labute approximate surface area is 122 Å². The fourth-order valence-corrected chi connectivity index (χ4v) is 2.22. The van der Waals surface area contributed by atoms with Crippen molar-refractivity contribution in [2.45, 2.75) is 65.5 Å². The summed E-state index contributed by atoms with van der Waals surface area (Å²) in [5.41, 5.74) is 1.14. The molecular weight excluding hydrogens is 252 g/mol. The number of nitrogens with zero attached hydrogens (tertiary/aromatic N) is 2. The lowest BCUT2D eigenvalue weighted by Gasteiger charge is -2.20. The largest absolute Gasteiger partial charge is 0.393 e. The van der Waals surface area contributed by atoms with E-state index in [9.17, 15) is 5.11 Å². The number of aliphatic hydroxyl groups is 1. The second-order valence-corrected chi connectivity index (χ2v) is 5.36. The van der Waals surface area contributed by atoms with Crippen LogP contribution in [0.1, 0.15) is 52.5 Å².